The van der Waals surface area contributed by atoms with Crippen LogP contribution < -0.4 is 4.74 Å². The Hall–Kier alpha value is -2.40. The van der Waals surface area contributed by atoms with E-state index in [4.69, 9.17) is 9.47 Å². The van der Waals surface area contributed by atoms with Crippen molar-refractivity contribution >= 4 is 11.9 Å². The highest BCUT2D eigenvalue weighted by Crippen LogP contribution is 2.27. The van der Waals surface area contributed by atoms with Gasteiger partial charge in [-0.15, -0.1) is 0 Å². The fourth-order valence-electron chi connectivity index (χ4n) is 2.91. The maximum absolute atomic E-state index is 12.6. The third kappa shape index (κ3) is 3.57. The first-order valence-electron chi connectivity index (χ1n) is 8.17. The maximum atomic E-state index is 12.6. The van der Waals surface area contributed by atoms with Gasteiger partial charge in [-0.25, -0.2) is 0 Å². The second-order valence-electron chi connectivity index (χ2n) is 5.89. The Labute approximate surface area is 141 Å². The minimum absolute atomic E-state index is 0.0794. The van der Waals surface area contributed by atoms with Crippen molar-refractivity contribution in [3.8, 4) is 5.75 Å². The molecule has 1 aliphatic carbocycles. The predicted molar refractivity (Wildman–Crippen MR) is 92.3 cm³/mol. The van der Waals surface area contributed by atoms with E-state index in [1.165, 1.54) is 0 Å². The predicted octanol–water partition coefficient (Wildman–Crippen LogP) is 3.05. The van der Waals surface area contributed by atoms with Gasteiger partial charge in [-0.05, 0) is 36.6 Å². The van der Waals surface area contributed by atoms with Crippen molar-refractivity contribution in [2.75, 3.05) is 20.3 Å². The number of aryl methyl sites for hydroxylation is 1. The van der Waals surface area contributed by atoms with Gasteiger partial charge in [0.15, 0.2) is 5.78 Å². The second-order valence-corrected chi connectivity index (χ2v) is 5.89. The standard InChI is InChI=1S/C19H22N2O3/c1-21-18-8-7-15(19(22)17(18)13-20-21)11-14-5-3-6-16(12-14)24-10-4-9-23-2/h3,5-6,11-13H,4,7-10H2,1-2H3. The number of fused-ring (bicyclic) bond motifs is 1. The molecule has 1 aliphatic rings. The van der Waals surface area contributed by atoms with Crippen LogP contribution in [0.15, 0.2) is 36.0 Å². The zero-order chi connectivity index (χ0) is 16.9. The number of methoxy groups -OCH3 is 1. The normalized spacial score (nSPS) is 15.6. The molecule has 5 nitrogen and oxygen atoms in total. The molecule has 0 saturated heterocycles. The van der Waals surface area contributed by atoms with Crippen LogP contribution in [0.3, 0.4) is 0 Å². The zero-order valence-corrected chi connectivity index (χ0v) is 14.1. The molecular weight excluding hydrogens is 304 g/mol. The Morgan fingerprint density at radius 2 is 2.17 bits per heavy atom. The minimum atomic E-state index is 0.0794. The van der Waals surface area contributed by atoms with E-state index in [2.05, 4.69) is 5.10 Å². The first kappa shape index (κ1) is 16.5. The number of rotatable bonds is 6. The molecule has 0 unspecified atom stereocenters. The first-order valence-corrected chi connectivity index (χ1v) is 8.17. The topological polar surface area (TPSA) is 53.4 Å². The fourth-order valence-corrected chi connectivity index (χ4v) is 2.91. The second kappa shape index (κ2) is 7.45. The van der Waals surface area contributed by atoms with Crippen molar-refractivity contribution in [2.45, 2.75) is 19.3 Å². The van der Waals surface area contributed by atoms with Crippen LogP contribution in [0.1, 0.15) is 34.5 Å². The molecule has 1 aromatic heterocycles. The number of hydrogen-bond acceptors (Lipinski definition) is 4. The summed E-state index contributed by atoms with van der Waals surface area (Å²) in [6.07, 6.45) is 6.06. The monoisotopic (exact) mass is 326 g/mol. The van der Waals surface area contributed by atoms with E-state index in [9.17, 15) is 4.79 Å². The Kier molecular flexibility index (Phi) is 5.11. The number of aromatic nitrogens is 2. The lowest BCUT2D eigenvalue weighted by Gasteiger charge is -2.14. The molecule has 1 heterocycles. The van der Waals surface area contributed by atoms with Crippen molar-refractivity contribution in [3.05, 3.63) is 52.9 Å². The van der Waals surface area contributed by atoms with Gasteiger partial charge in [0.25, 0.3) is 0 Å². The largest absolute Gasteiger partial charge is 0.493 e. The molecule has 1 aromatic carbocycles. The van der Waals surface area contributed by atoms with Crippen molar-refractivity contribution in [2.24, 2.45) is 7.05 Å². The van der Waals surface area contributed by atoms with Gasteiger partial charge in [-0.1, -0.05) is 12.1 Å². The molecule has 0 amide bonds. The molecule has 2 aromatic rings. The van der Waals surface area contributed by atoms with Crippen LogP contribution in [0.2, 0.25) is 0 Å². The van der Waals surface area contributed by atoms with Crippen LogP contribution in [0.4, 0.5) is 0 Å². The summed E-state index contributed by atoms with van der Waals surface area (Å²) in [5.41, 5.74) is 3.55. The molecule has 0 fully saturated rings. The van der Waals surface area contributed by atoms with E-state index in [1.807, 2.05) is 37.4 Å². The maximum Gasteiger partial charge on any atom is 0.192 e. The number of hydrogen-bond donors (Lipinski definition) is 0. The lowest BCUT2D eigenvalue weighted by molar-refractivity contribution is 0.102. The highest BCUT2D eigenvalue weighted by molar-refractivity contribution is 6.12. The third-order valence-corrected chi connectivity index (χ3v) is 4.19. The van der Waals surface area contributed by atoms with Gasteiger partial charge in [-0.3, -0.25) is 9.48 Å². The van der Waals surface area contributed by atoms with Crippen LogP contribution in [-0.2, 0) is 18.2 Å². The number of carbonyl (C=O) groups is 1. The van der Waals surface area contributed by atoms with Gasteiger partial charge in [0.2, 0.25) is 0 Å². The van der Waals surface area contributed by atoms with Crippen LogP contribution in [-0.4, -0.2) is 35.9 Å². The average molecular weight is 326 g/mol. The Morgan fingerprint density at radius 1 is 1.29 bits per heavy atom. The van der Waals surface area contributed by atoms with E-state index in [1.54, 1.807) is 18.0 Å². The Morgan fingerprint density at radius 3 is 3.00 bits per heavy atom. The van der Waals surface area contributed by atoms with Gasteiger partial charge < -0.3 is 9.47 Å². The quantitative estimate of drug-likeness (QED) is 0.605. The molecule has 24 heavy (non-hydrogen) atoms. The average Bonchev–Trinajstić information content (AvgIpc) is 2.97. The Bertz CT molecular complexity index is 762. The summed E-state index contributed by atoms with van der Waals surface area (Å²) in [6, 6.07) is 7.82. The number of ketones is 1. The lowest BCUT2D eigenvalue weighted by atomic mass is 9.90. The van der Waals surface area contributed by atoms with Gasteiger partial charge in [-0.2, -0.15) is 5.10 Å². The summed E-state index contributed by atoms with van der Waals surface area (Å²) in [6.45, 7) is 1.30. The lowest BCUT2D eigenvalue weighted by Crippen LogP contribution is -2.14. The van der Waals surface area contributed by atoms with Crippen LogP contribution >= 0.6 is 0 Å². The van der Waals surface area contributed by atoms with Crippen molar-refractivity contribution in [1.29, 1.82) is 0 Å². The number of nitrogens with zero attached hydrogens (tertiary/aromatic N) is 2. The molecule has 126 valence electrons. The molecule has 0 N–H and O–H groups in total. The highest BCUT2D eigenvalue weighted by Gasteiger charge is 2.24. The molecule has 0 saturated carbocycles. The van der Waals surface area contributed by atoms with Crippen LogP contribution in [0.5, 0.6) is 5.75 Å². The van der Waals surface area contributed by atoms with E-state index in [-0.39, 0.29) is 5.78 Å². The SMILES string of the molecule is COCCCOc1cccc(C=C2CCc3c(cnn3C)C2=O)c1. The number of Topliss-reactive ketones (excluding diaryl/α,β-unsaturated/α-hetero) is 1. The molecule has 5 heteroatoms. The van der Waals surface area contributed by atoms with Crippen molar-refractivity contribution in [3.63, 3.8) is 0 Å². The van der Waals surface area contributed by atoms with E-state index in [0.29, 0.717) is 13.2 Å². The molecule has 3 rings (SSSR count). The minimum Gasteiger partial charge on any atom is -0.493 e. The number of carbonyl (C=O) groups excluding carboxylic acids is 1. The van der Waals surface area contributed by atoms with Crippen LogP contribution in [0.25, 0.3) is 6.08 Å². The van der Waals surface area contributed by atoms with Gasteiger partial charge in [0.05, 0.1) is 18.4 Å². The molecule has 0 atom stereocenters. The van der Waals surface area contributed by atoms with E-state index >= 15 is 0 Å². The Balaban J connectivity index is 1.73. The fraction of sp³-hybridized carbons (Fsp3) is 0.368. The molecule has 0 radical (unpaired) electrons. The molecular formula is C19H22N2O3. The molecule has 0 aliphatic heterocycles. The van der Waals surface area contributed by atoms with Gasteiger partial charge in [0.1, 0.15) is 5.75 Å². The number of ether oxygens (including phenoxy) is 2. The summed E-state index contributed by atoms with van der Waals surface area (Å²) >= 11 is 0. The summed E-state index contributed by atoms with van der Waals surface area (Å²) in [5.74, 6) is 0.890. The highest BCUT2D eigenvalue weighted by atomic mass is 16.5. The zero-order valence-electron chi connectivity index (χ0n) is 14.1. The smallest absolute Gasteiger partial charge is 0.192 e. The summed E-state index contributed by atoms with van der Waals surface area (Å²) in [4.78, 5) is 12.6. The molecule has 0 bridgehead atoms. The van der Waals surface area contributed by atoms with Crippen molar-refractivity contribution < 1.29 is 14.3 Å². The van der Waals surface area contributed by atoms with Crippen molar-refractivity contribution in [1.82, 2.24) is 9.78 Å². The number of benzene rings is 1. The summed E-state index contributed by atoms with van der Waals surface area (Å²) < 4.78 is 12.5. The molecule has 0 spiro atoms. The first-order chi connectivity index (χ1) is 11.7. The third-order valence-electron chi connectivity index (χ3n) is 4.19. The van der Waals surface area contributed by atoms with Gasteiger partial charge >= 0.3 is 0 Å². The van der Waals surface area contributed by atoms with Crippen LogP contribution in [0, 0.1) is 0 Å². The number of allylic oxidation sites excluding steroid dienone is 1. The van der Waals surface area contributed by atoms with E-state index in [0.717, 1.165) is 47.4 Å². The van der Waals surface area contributed by atoms with E-state index < -0.39 is 0 Å². The summed E-state index contributed by atoms with van der Waals surface area (Å²) in [7, 11) is 3.56. The summed E-state index contributed by atoms with van der Waals surface area (Å²) in [5, 5.41) is 4.19. The van der Waals surface area contributed by atoms with Gasteiger partial charge in [0, 0.05) is 38.5 Å².